The summed E-state index contributed by atoms with van der Waals surface area (Å²) >= 11 is 0. The number of carbonyl (C=O) groups excluding carboxylic acids is 1. The molecule has 1 N–H and O–H groups in total. The van der Waals surface area contributed by atoms with Gasteiger partial charge in [-0.1, -0.05) is 0 Å². The minimum atomic E-state index is -0.231. The van der Waals surface area contributed by atoms with Gasteiger partial charge in [-0.2, -0.15) is 0 Å². The molecule has 18 heavy (non-hydrogen) atoms. The van der Waals surface area contributed by atoms with Crippen LogP contribution in [-0.4, -0.2) is 53.9 Å². The first-order chi connectivity index (χ1) is 8.59. The number of nitrogens with zero attached hydrogens (tertiary/aromatic N) is 2. The van der Waals surface area contributed by atoms with Crippen molar-refractivity contribution in [2.45, 2.75) is 18.9 Å². The third-order valence-electron chi connectivity index (χ3n) is 3.56. The van der Waals surface area contributed by atoms with Gasteiger partial charge in [0.25, 0.3) is 5.91 Å². The van der Waals surface area contributed by atoms with E-state index in [1.54, 1.807) is 11.9 Å². The van der Waals surface area contributed by atoms with E-state index in [1.807, 2.05) is 0 Å². The summed E-state index contributed by atoms with van der Waals surface area (Å²) in [5.41, 5.74) is -0.0222. The zero-order valence-electron chi connectivity index (χ0n) is 10.8. The Morgan fingerprint density at radius 3 is 3.00 bits per heavy atom. The maximum Gasteiger partial charge on any atom is 0.259 e. The van der Waals surface area contributed by atoms with Crippen LogP contribution in [0.3, 0.4) is 0 Å². The summed E-state index contributed by atoms with van der Waals surface area (Å²) in [6.07, 6.45) is 5.29. The number of aromatic nitrogens is 1. The van der Waals surface area contributed by atoms with Crippen LogP contribution in [0, 0.1) is 0 Å². The minimum absolute atomic E-state index is 0.209. The van der Waals surface area contributed by atoms with E-state index in [4.69, 9.17) is 0 Å². The Hall–Kier alpha value is -1.62. The summed E-state index contributed by atoms with van der Waals surface area (Å²) in [5, 5.41) is 0. The van der Waals surface area contributed by atoms with Crippen LogP contribution >= 0.6 is 0 Å². The van der Waals surface area contributed by atoms with Crippen molar-refractivity contribution in [1.82, 2.24) is 14.8 Å². The molecule has 0 aromatic carbocycles. The number of hydrogen-bond donors (Lipinski definition) is 1. The fourth-order valence-corrected chi connectivity index (χ4v) is 2.40. The van der Waals surface area contributed by atoms with Crippen molar-refractivity contribution in [3.05, 3.63) is 34.2 Å². The lowest BCUT2D eigenvalue weighted by atomic mass is 10.2. The summed E-state index contributed by atoms with van der Waals surface area (Å²) in [4.78, 5) is 30.4. The quantitative estimate of drug-likeness (QED) is 0.850. The van der Waals surface area contributed by atoms with Gasteiger partial charge >= 0.3 is 0 Å². The number of aromatic amines is 1. The number of pyridine rings is 1. The molecule has 5 nitrogen and oxygen atoms in total. The van der Waals surface area contributed by atoms with Crippen molar-refractivity contribution >= 4 is 5.91 Å². The lowest BCUT2D eigenvalue weighted by molar-refractivity contribution is 0.0760. The lowest BCUT2D eigenvalue weighted by Crippen LogP contribution is -2.40. The Labute approximate surface area is 106 Å². The fraction of sp³-hybridized carbons (Fsp3) is 0.538. The second kappa shape index (κ2) is 5.35. The van der Waals surface area contributed by atoms with Gasteiger partial charge in [-0.25, -0.2) is 0 Å². The maximum absolute atomic E-state index is 12.1. The lowest BCUT2D eigenvalue weighted by Gasteiger charge is -2.25. The summed E-state index contributed by atoms with van der Waals surface area (Å²) in [6, 6.07) is 1.78. The second-order valence-corrected chi connectivity index (χ2v) is 4.88. The van der Waals surface area contributed by atoms with E-state index in [0.29, 0.717) is 12.6 Å². The van der Waals surface area contributed by atoms with E-state index in [1.165, 1.54) is 24.9 Å². The summed E-state index contributed by atoms with van der Waals surface area (Å²) in [6.45, 7) is 1.75. The van der Waals surface area contributed by atoms with Gasteiger partial charge in [0, 0.05) is 38.1 Å². The summed E-state index contributed by atoms with van der Waals surface area (Å²) in [7, 11) is 3.83. The molecule has 0 radical (unpaired) electrons. The van der Waals surface area contributed by atoms with Crippen molar-refractivity contribution in [3.63, 3.8) is 0 Å². The second-order valence-electron chi connectivity index (χ2n) is 4.88. The number of carbonyl (C=O) groups is 1. The molecular formula is C13H19N3O2. The monoisotopic (exact) mass is 249 g/mol. The van der Waals surface area contributed by atoms with Crippen LogP contribution in [0.2, 0.25) is 0 Å². The van der Waals surface area contributed by atoms with Gasteiger partial charge in [0.15, 0.2) is 5.43 Å². The number of nitrogens with one attached hydrogen (secondary N) is 1. The number of likely N-dealkylation sites (tertiary alicyclic amines) is 1. The van der Waals surface area contributed by atoms with E-state index in [2.05, 4.69) is 16.9 Å². The maximum atomic E-state index is 12.1. The largest absolute Gasteiger partial charge is 0.367 e. The SMILES string of the molecule is CN(CC1CCCN1C)C(=O)c1c[nH]ccc1=O. The van der Waals surface area contributed by atoms with Crippen LogP contribution in [0.5, 0.6) is 0 Å². The van der Waals surface area contributed by atoms with Gasteiger partial charge in [0.05, 0.1) is 0 Å². The zero-order chi connectivity index (χ0) is 13.1. The van der Waals surface area contributed by atoms with Crippen LogP contribution in [0.15, 0.2) is 23.3 Å². The molecule has 1 amide bonds. The number of likely N-dealkylation sites (N-methyl/N-ethyl adjacent to an activating group) is 2. The molecule has 2 heterocycles. The van der Waals surface area contributed by atoms with Gasteiger partial charge in [0.2, 0.25) is 0 Å². The Morgan fingerprint density at radius 1 is 1.61 bits per heavy atom. The molecule has 5 heteroatoms. The highest BCUT2D eigenvalue weighted by molar-refractivity contribution is 5.93. The van der Waals surface area contributed by atoms with E-state index < -0.39 is 0 Å². The van der Waals surface area contributed by atoms with Gasteiger partial charge < -0.3 is 14.8 Å². The Morgan fingerprint density at radius 2 is 2.39 bits per heavy atom. The van der Waals surface area contributed by atoms with Crippen LogP contribution < -0.4 is 5.43 Å². The minimum Gasteiger partial charge on any atom is -0.367 e. The molecule has 0 bridgehead atoms. The van der Waals surface area contributed by atoms with Crippen LogP contribution in [0.1, 0.15) is 23.2 Å². The molecule has 0 aliphatic carbocycles. The molecule has 0 saturated carbocycles. The van der Waals surface area contributed by atoms with Crippen molar-refractivity contribution in [2.75, 3.05) is 27.2 Å². The third-order valence-corrected chi connectivity index (χ3v) is 3.56. The predicted octanol–water partition coefficient (Wildman–Crippen LogP) is 0.541. The fourth-order valence-electron chi connectivity index (χ4n) is 2.40. The average Bonchev–Trinajstić information content (AvgIpc) is 2.75. The zero-order valence-corrected chi connectivity index (χ0v) is 10.8. The molecule has 98 valence electrons. The molecule has 1 unspecified atom stereocenters. The molecule has 1 aromatic heterocycles. The van der Waals surface area contributed by atoms with Gasteiger partial charge in [-0.15, -0.1) is 0 Å². The van der Waals surface area contributed by atoms with E-state index in [-0.39, 0.29) is 16.9 Å². The Bertz CT molecular complexity index is 483. The highest BCUT2D eigenvalue weighted by atomic mass is 16.2. The van der Waals surface area contributed by atoms with Crippen molar-refractivity contribution < 1.29 is 4.79 Å². The Kier molecular flexibility index (Phi) is 3.81. The number of H-pyrrole nitrogens is 1. The van der Waals surface area contributed by atoms with Crippen LogP contribution in [-0.2, 0) is 0 Å². The first-order valence-electron chi connectivity index (χ1n) is 6.22. The highest BCUT2D eigenvalue weighted by Crippen LogP contribution is 2.15. The predicted molar refractivity (Wildman–Crippen MR) is 69.7 cm³/mol. The third kappa shape index (κ3) is 2.61. The molecule has 1 aliphatic heterocycles. The number of rotatable bonds is 3. The van der Waals surface area contributed by atoms with E-state index in [9.17, 15) is 9.59 Å². The molecular weight excluding hydrogens is 230 g/mol. The van der Waals surface area contributed by atoms with Gasteiger partial charge in [0.1, 0.15) is 5.56 Å². The first-order valence-corrected chi connectivity index (χ1v) is 6.22. The standard InChI is InChI=1S/C13H19N3O2/c1-15-7-3-4-10(15)9-16(2)13(18)11-8-14-6-5-12(11)17/h5-6,8,10H,3-4,7,9H2,1-2H3,(H,14,17). The van der Waals surface area contributed by atoms with Crippen molar-refractivity contribution in [2.24, 2.45) is 0 Å². The highest BCUT2D eigenvalue weighted by Gasteiger charge is 2.24. The van der Waals surface area contributed by atoms with Crippen molar-refractivity contribution in [1.29, 1.82) is 0 Å². The topological polar surface area (TPSA) is 56.4 Å². The first kappa shape index (κ1) is 12.8. The van der Waals surface area contributed by atoms with Crippen molar-refractivity contribution in [3.8, 4) is 0 Å². The Balaban J connectivity index is 2.05. The molecule has 1 aliphatic rings. The van der Waals surface area contributed by atoms with E-state index in [0.717, 1.165) is 13.0 Å². The molecule has 1 aromatic rings. The van der Waals surface area contributed by atoms with Crippen LogP contribution in [0.4, 0.5) is 0 Å². The molecule has 1 saturated heterocycles. The normalized spacial score (nSPS) is 20.0. The smallest absolute Gasteiger partial charge is 0.259 e. The molecule has 1 fully saturated rings. The molecule has 2 rings (SSSR count). The molecule has 1 atom stereocenters. The van der Waals surface area contributed by atoms with E-state index >= 15 is 0 Å². The number of amides is 1. The van der Waals surface area contributed by atoms with Gasteiger partial charge in [-0.05, 0) is 26.4 Å². The van der Waals surface area contributed by atoms with Crippen LogP contribution in [0.25, 0.3) is 0 Å². The summed E-state index contributed by atoms with van der Waals surface area (Å²) in [5.74, 6) is -0.211. The molecule has 0 spiro atoms. The number of hydrogen-bond acceptors (Lipinski definition) is 3. The average molecular weight is 249 g/mol. The summed E-state index contributed by atoms with van der Waals surface area (Å²) < 4.78 is 0. The van der Waals surface area contributed by atoms with Gasteiger partial charge in [-0.3, -0.25) is 9.59 Å².